The lowest BCUT2D eigenvalue weighted by Gasteiger charge is -2.11. The molecule has 106 valence electrons. The third-order valence-corrected chi connectivity index (χ3v) is 2.64. The molecule has 0 aliphatic carbocycles. The summed E-state index contributed by atoms with van der Waals surface area (Å²) in [5, 5.41) is 6.23. The molecular weight excluding hydrogens is 421 g/mol. The average molecular weight is 440 g/mol. The number of nitrogens with zero attached hydrogens (tertiary/aromatic N) is 1. The molecule has 0 spiro atoms. The Morgan fingerprint density at radius 2 is 2.05 bits per heavy atom. The summed E-state index contributed by atoms with van der Waals surface area (Å²) < 4.78 is 6.62. The SMILES string of the molecule is C=CCNC(=NC)NCCOc1ccc(Br)cc1.I. The maximum Gasteiger partial charge on any atom is 0.191 e. The van der Waals surface area contributed by atoms with Crippen molar-refractivity contribution in [2.45, 2.75) is 0 Å². The fourth-order valence-corrected chi connectivity index (χ4v) is 1.52. The van der Waals surface area contributed by atoms with Gasteiger partial charge in [0.05, 0.1) is 6.54 Å². The standard InChI is InChI=1S/C13H18BrN3O.HI/c1-3-8-16-13(15-2)17-9-10-18-12-6-4-11(14)5-7-12;/h3-7H,1,8-10H2,2H3,(H2,15,16,17);1H. The van der Waals surface area contributed by atoms with E-state index in [2.05, 4.69) is 38.1 Å². The smallest absolute Gasteiger partial charge is 0.191 e. The molecule has 0 unspecified atom stereocenters. The number of guanidine groups is 1. The largest absolute Gasteiger partial charge is 0.492 e. The molecule has 0 atom stereocenters. The normalized spacial score (nSPS) is 10.3. The van der Waals surface area contributed by atoms with Crippen molar-refractivity contribution < 1.29 is 4.74 Å². The van der Waals surface area contributed by atoms with Crippen molar-refractivity contribution in [2.24, 2.45) is 4.99 Å². The van der Waals surface area contributed by atoms with Gasteiger partial charge in [-0.3, -0.25) is 4.99 Å². The van der Waals surface area contributed by atoms with Crippen LogP contribution in [0.2, 0.25) is 0 Å². The quantitative estimate of drug-likeness (QED) is 0.235. The first-order valence-electron chi connectivity index (χ1n) is 5.70. The fourth-order valence-electron chi connectivity index (χ4n) is 1.26. The van der Waals surface area contributed by atoms with Gasteiger partial charge in [-0.1, -0.05) is 22.0 Å². The summed E-state index contributed by atoms with van der Waals surface area (Å²) in [6.07, 6.45) is 1.78. The lowest BCUT2D eigenvalue weighted by atomic mass is 10.3. The molecule has 19 heavy (non-hydrogen) atoms. The summed E-state index contributed by atoms with van der Waals surface area (Å²) in [4.78, 5) is 4.07. The molecular formula is C13H19BrIN3O. The second-order valence-corrected chi connectivity index (χ2v) is 4.39. The van der Waals surface area contributed by atoms with Crippen LogP contribution < -0.4 is 15.4 Å². The van der Waals surface area contributed by atoms with Crippen LogP contribution >= 0.6 is 39.9 Å². The molecule has 0 bridgehead atoms. The molecule has 1 rings (SSSR count). The van der Waals surface area contributed by atoms with Crippen LogP contribution in [-0.2, 0) is 0 Å². The molecule has 0 aromatic heterocycles. The number of ether oxygens (including phenoxy) is 1. The van der Waals surface area contributed by atoms with Crippen LogP contribution in [0.5, 0.6) is 5.75 Å². The Morgan fingerprint density at radius 1 is 1.37 bits per heavy atom. The molecule has 0 fully saturated rings. The highest BCUT2D eigenvalue weighted by Crippen LogP contribution is 2.15. The maximum atomic E-state index is 5.57. The van der Waals surface area contributed by atoms with Crippen molar-refractivity contribution in [3.63, 3.8) is 0 Å². The summed E-state index contributed by atoms with van der Waals surface area (Å²) in [5.41, 5.74) is 0. The van der Waals surface area contributed by atoms with Gasteiger partial charge in [-0.05, 0) is 24.3 Å². The Bertz CT molecular complexity index is 395. The Morgan fingerprint density at radius 3 is 2.63 bits per heavy atom. The first-order chi connectivity index (χ1) is 8.76. The van der Waals surface area contributed by atoms with Gasteiger partial charge in [-0.2, -0.15) is 0 Å². The van der Waals surface area contributed by atoms with E-state index in [1.165, 1.54) is 0 Å². The number of hydrogen-bond acceptors (Lipinski definition) is 2. The number of aliphatic imine (C=N–C) groups is 1. The molecule has 0 saturated carbocycles. The predicted molar refractivity (Wildman–Crippen MR) is 94.6 cm³/mol. The third-order valence-electron chi connectivity index (χ3n) is 2.11. The van der Waals surface area contributed by atoms with E-state index in [4.69, 9.17) is 4.74 Å². The maximum absolute atomic E-state index is 5.57. The van der Waals surface area contributed by atoms with Crippen LogP contribution in [0.25, 0.3) is 0 Å². The summed E-state index contributed by atoms with van der Waals surface area (Å²) >= 11 is 3.38. The van der Waals surface area contributed by atoms with E-state index in [0.29, 0.717) is 19.7 Å². The molecule has 0 saturated heterocycles. The van der Waals surface area contributed by atoms with Crippen LogP contribution in [0.4, 0.5) is 0 Å². The molecule has 0 aliphatic heterocycles. The highest BCUT2D eigenvalue weighted by molar-refractivity contribution is 14.0. The average Bonchev–Trinajstić information content (AvgIpc) is 2.40. The second kappa shape index (κ2) is 11.1. The molecule has 0 radical (unpaired) electrons. The Hall–Kier alpha value is -0.760. The van der Waals surface area contributed by atoms with E-state index >= 15 is 0 Å². The first-order valence-corrected chi connectivity index (χ1v) is 6.49. The van der Waals surface area contributed by atoms with Crippen LogP contribution in [0, 0.1) is 0 Å². The van der Waals surface area contributed by atoms with Gasteiger partial charge in [-0.15, -0.1) is 30.6 Å². The van der Waals surface area contributed by atoms with Crippen molar-refractivity contribution in [1.29, 1.82) is 0 Å². The summed E-state index contributed by atoms with van der Waals surface area (Å²) in [6, 6.07) is 7.75. The Balaban J connectivity index is 0.00000324. The van der Waals surface area contributed by atoms with Gasteiger partial charge in [0.1, 0.15) is 12.4 Å². The Kier molecular flexibility index (Phi) is 10.7. The van der Waals surface area contributed by atoms with Gasteiger partial charge >= 0.3 is 0 Å². The number of nitrogens with one attached hydrogen (secondary N) is 2. The third kappa shape index (κ3) is 8.10. The zero-order chi connectivity index (χ0) is 13.2. The molecule has 0 heterocycles. The molecule has 2 N–H and O–H groups in total. The highest BCUT2D eigenvalue weighted by atomic mass is 127. The van der Waals surface area contributed by atoms with E-state index < -0.39 is 0 Å². The Labute approximate surface area is 139 Å². The van der Waals surface area contributed by atoms with Crippen molar-refractivity contribution in [3.8, 4) is 5.75 Å². The predicted octanol–water partition coefficient (Wildman–Crippen LogP) is 2.80. The second-order valence-electron chi connectivity index (χ2n) is 3.47. The topological polar surface area (TPSA) is 45.7 Å². The van der Waals surface area contributed by atoms with Crippen LogP contribution in [0.1, 0.15) is 0 Å². The van der Waals surface area contributed by atoms with E-state index in [-0.39, 0.29) is 24.0 Å². The van der Waals surface area contributed by atoms with E-state index in [9.17, 15) is 0 Å². The van der Waals surface area contributed by atoms with Gasteiger partial charge in [0, 0.05) is 18.1 Å². The zero-order valence-electron chi connectivity index (χ0n) is 10.9. The van der Waals surface area contributed by atoms with Crippen LogP contribution in [0.15, 0.2) is 46.4 Å². The van der Waals surface area contributed by atoms with E-state index in [0.717, 1.165) is 16.2 Å². The van der Waals surface area contributed by atoms with E-state index in [1.54, 1.807) is 13.1 Å². The highest BCUT2D eigenvalue weighted by Gasteiger charge is 1.96. The van der Waals surface area contributed by atoms with E-state index in [1.807, 2.05) is 24.3 Å². The number of benzene rings is 1. The number of hydrogen-bond donors (Lipinski definition) is 2. The van der Waals surface area contributed by atoms with Crippen molar-refractivity contribution in [1.82, 2.24) is 10.6 Å². The summed E-state index contributed by atoms with van der Waals surface area (Å²) in [6.45, 7) is 5.59. The minimum absolute atomic E-state index is 0. The van der Waals surface area contributed by atoms with Gasteiger partial charge in [0.15, 0.2) is 5.96 Å². The van der Waals surface area contributed by atoms with Crippen molar-refractivity contribution in [2.75, 3.05) is 26.7 Å². The zero-order valence-corrected chi connectivity index (χ0v) is 14.8. The number of rotatable bonds is 6. The monoisotopic (exact) mass is 439 g/mol. The summed E-state index contributed by atoms with van der Waals surface area (Å²) in [5.74, 6) is 1.60. The number of halogens is 2. The lowest BCUT2D eigenvalue weighted by Crippen LogP contribution is -2.39. The molecule has 0 aliphatic rings. The van der Waals surface area contributed by atoms with Crippen LogP contribution in [0.3, 0.4) is 0 Å². The molecule has 1 aromatic carbocycles. The van der Waals surface area contributed by atoms with Gasteiger partial charge in [0.25, 0.3) is 0 Å². The van der Waals surface area contributed by atoms with Crippen molar-refractivity contribution >= 4 is 45.9 Å². The van der Waals surface area contributed by atoms with Crippen LogP contribution in [-0.4, -0.2) is 32.7 Å². The van der Waals surface area contributed by atoms with Gasteiger partial charge in [-0.25, -0.2) is 0 Å². The lowest BCUT2D eigenvalue weighted by molar-refractivity contribution is 0.322. The van der Waals surface area contributed by atoms with Gasteiger partial charge in [0.2, 0.25) is 0 Å². The van der Waals surface area contributed by atoms with Gasteiger partial charge < -0.3 is 15.4 Å². The first kappa shape index (κ1) is 18.2. The summed E-state index contributed by atoms with van der Waals surface area (Å²) in [7, 11) is 1.73. The molecule has 1 aromatic rings. The molecule has 4 nitrogen and oxygen atoms in total. The molecule has 0 amide bonds. The minimum Gasteiger partial charge on any atom is -0.492 e. The van der Waals surface area contributed by atoms with Crippen molar-refractivity contribution in [3.05, 3.63) is 41.4 Å². The fraction of sp³-hybridized carbons (Fsp3) is 0.308. The molecule has 6 heteroatoms. The minimum atomic E-state index is 0.